The highest BCUT2D eigenvalue weighted by molar-refractivity contribution is 6.01. The fraction of sp³-hybridized carbons (Fsp3) is 0.333. The second kappa shape index (κ2) is 13.4. The smallest absolute Gasteiger partial charge is 0.234 e. The summed E-state index contributed by atoms with van der Waals surface area (Å²) in [6.45, 7) is 7.41. The highest BCUT2D eigenvalue weighted by atomic mass is 16.3. The Morgan fingerprint density at radius 3 is 2.12 bits per heavy atom. The maximum Gasteiger partial charge on any atom is 0.234 e. The lowest BCUT2D eigenvalue weighted by atomic mass is 9.90. The highest BCUT2D eigenvalue weighted by Crippen LogP contribution is 2.31. The Bertz CT molecular complexity index is 1960. The van der Waals surface area contributed by atoms with Crippen molar-refractivity contribution in [2.75, 3.05) is 55.6 Å². The van der Waals surface area contributed by atoms with E-state index in [0.717, 1.165) is 68.1 Å². The van der Waals surface area contributed by atoms with E-state index >= 15 is 0 Å². The number of piperazine rings is 1. The van der Waals surface area contributed by atoms with Gasteiger partial charge in [-0.25, -0.2) is 0 Å². The molecule has 2 N–H and O–H groups in total. The molecule has 3 aromatic carbocycles. The molecular weight excluding hydrogens is 614 g/mol. The third kappa shape index (κ3) is 6.48. The first-order valence-corrected chi connectivity index (χ1v) is 17.4. The van der Waals surface area contributed by atoms with Crippen LogP contribution in [-0.2, 0) is 9.59 Å². The summed E-state index contributed by atoms with van der Waals surface area (Å²) in [7, 11) is 0. The van der Waals surface area contributed by atoms with Crippen molar-refractivity contribution < 1.29 is 14.7 Å². The van der Waals surface area contributed by atoms with Gasteiger partial charge >= 0.3 is 0 Å². The molecule has 3 aliphatic heterocycles. The Hall–Kier alpha value is -5.22. The van der Waals surface area contributed by atoms with Crippen molar-refractivity contribution >= 4 is 34.2 Å². The number of para-hydroxylation sites is 1. The maximum atomic E-state index is 12.3. The Kier molecular flexibility index (Phi) is 8.47. The van der Waals surface area contributed by atoms with Gasteiger partial charge in [0, 0.05) is 81.1 Å². The molecule has 8 rings (SSSR count). The number of imide groups is 1. The number of aromatic hydroxyl groups is 1. The van der Waals surface area contributed by atoms with Crippen molar-refractivity contribution in [1.29, 1.82) is 0 Å². The summed E-state index contributed by atoms with van der Waals surface area (Å²) in [5, 5.41) is 21.5. The standard InChI is InChI=1S/C39H41N7O3/c47-37-4-2-1-3-33(37)35-25-36-34(41-42-35)17-20-46(36)31-11-9-30(10-12-31)44-18-15-27(16-19-44)26-43-21-23-45(24-22-43)29-7-5-28(6-8-29)32-13-14-38(48)40-39(32)49/h1-12,17,20,25,27,32,47H,13-16,18-19,21-24,26H2,(H,40,48,49). The minimum atomic E-state index is -0.234. The van der Waals surface area contributed by atoms with Crippen molar-refractivity contribution in [1.82, 2.24) is 25.0 Å². The summed E-state index contributed by atoms with van der Waals surface area (Å²) in [6.07, 6.45) is 5.40. The van der Waals surface area contributed by atoms with E-state index in [0.29, 0.717) is 30.0 Å². The van der Waals surface area contributed by atoms with Crippen LogP contribution < -0.4 is 15.1 Å². The van der Waals surface area contributed by atoms with Gasteiger partial charge in [-0.15, -0.1) is 10.2 Å². The molecule has 10 nitrogen and oxygen atoms in total. The van der Waals surface area contributed by atoms with Gasteiger partial charge in [-0.2, -0.15) is 0 Å². The van der Waals surface area contributed by atoms with Gasteiger partial charge in [-0.3, -0.25) is 19.8 Å². The van der Waals surface area contributed by atoms with Gasteiger partial charge in [0.05, 0.1) is 17.1 Å². The lowest BCUT2D eigenvalue weighted by molar-refractivity contribution is -0.134. The minimum absolute atomic E-state index is 0.173. The van der Waals surface area contributed by atoms with Gasteiger partial charge in [0.25, 0.3) is 0 Å². The number of carbonyl (C=O) groups excluding carboxylic acids is 2. The van der Waals surface area contributed by atoms with Crippen LogP contribution in [0.1, 0.15) is 37.2 Å². The molecule has 10 heteroatoms. The Morgan fingerprint density at radius 1 is 0.735 bits per heavy atom. The molecule has 49 heavy (non-hydrogen) atoms. The number of fused-ring (bicyclic) bond motifs is 1. The monoisotopic (exact) mass is 655 g/mol. The predicted molar refractivity (Wildman–Crippen MR) is 191 cm³/mol. The number of rotatable bonds is 7. The van der Waals surface area contributed by atoms with E-state index in [4.69, 9.17) is 0 Å². The number of benzene rings is 3. The average Bonchev–Trinajstić information content (AvgIpc) is 3.56. The molecule has 250 valence electrons. The van der Waals surface area contributed by atoms with Crippen molar-refractivity contribution in [3.63, 3.8) is 0 Å². The van der Waals surface area contributed by atoms with E-state index < -0.39 is 0 Å². The third-order valence-corrected chi connectivity index (χ3v) is 10.5. The van der Waals surface area contributed by atoms with Gasteiger partial charge < -0.3 is 19.5 Å². The van der Waals surface area contributed by atoms with Gasteiger partial charge in [0.1, 0.15) is 11.3 Å². The summed E-state index contributed by atoms with van der Waals surface area (Å²) < 4.78 is 2.12. The van der Waals surface area contributed by atoms with Crippen molar-refractivity contribution in [3.8, 4) is 22.7 Å². The zero-order valence-electron chi connectivity index (χ0n) is 27.5. The molecule has 3 aliphatic rings. The molecule has 3 saturated heterocycles. The Labute approximate surface area is 286 Å². The first kappa shape index (κ1) is 31.1. The second-order valence-electron chi connectivity index (χ2n) is 13.5. The molecule has 2 aromatic heterocycles. The minimum Gasteiger partial charge on any atom is -0.507 e. The number of amides is 2. The molecule has 0 saturated carbocycles. The van der Waals surface area contributed by atoms with E-state index in [9.17, 15) is 14.7 Å². The number of phenolic OH excluding ortho intramolecular Hbond substituents is 1. The Balaban J connectivity index is 0.827. The fourth-order valence-corrected chi connectivity index (χ4v) is 7.66. The molecule has 2 amide bonds. The first-order valence-electron chi connectivity index (χ1n) is 17.4. The summed E-state index contributed by atoms with van der Waals surface area (Å²) in [4.78, 5) is 31.3. The van der Waals surface area contributed by atoms with Crippen molar-refractivity contribution in [3.05, 3.63) is 96.7 Å². The summed E-state index contributed by atoms with van der Waals surface area (Å²) in [6, 6.07) is 28.3. The van der Waals surface area contributed by atoms with Crippen molar-refractivity contribution in [2.45, 2.75) is 31.6 Å². The first-order chi connectivity index (χ1) is 24.0. The highest BCUT2D eigenvalue weighted by Gasteiger charge is 2.28. The lowest BCUT2D eigenvalue weighted by Crippen LogP contribution is -2.49. The van der Waals surface area contributed by atoms with E-state index in [-0.39, 0.29) is 23.5 Å². The number of aromatic nitrogens is 3. The summed E-state index contributed by atoms with van der Waals surface area (Å²) >= 11 is 0. The SMILES string of the molecule is O=C1CCC(c2ccc(N3CCN(CC4CCN(c5ccc(-n6ccc7nnc(-c8ccccc8O)cc76)cc5)CC4)CC3)cc2)C(=O)N1. The van der Waals surface area contributed by atoms with Gasteiger partial charge in [-0.05, 0) is 91.4 Å². The topological polar surface area (TPSA) is 107 Å². The molecular formula is C39H41N7O3. The fourth-order valence-electron chi connectivity index (χ4n) is 7.66. The van der Waals surface area contributed by atoms with Crippen LogP contribution in [0.3, 0.4) is 0 Å². The van der Waals surface area contributed by atoms with E-state index in [2.05, 4.69) is 83.3 Å². The van der Waals surface area contributed by atoms with Gasteiger partial charge in [0.15, 0.2) is 0 Å². The zero-order chi connectivity index (χ0) is 33.3. The van der Waals surface area contributed by atoms with E-state index in [1.807, 2.05) is 30.5 Å². The molecule has 0 aliphatic carbocycles. The van der Waals surface area contributed by atoms with E-state index in [1.165, 1.54) is 24.2 Å². The second-order valence-corrected chi connectivity index (χ2v) is 13.5. The molecule has 0 bridgehead atoms. The average molecular weight is 656 g/mol. The normalized spacial score (nSPS) is 19.4. The number of piperidine rings is 2. The molecule has 1 unspecified atom stereocenters. The molecule has 3 fully saturated rings. The van der Waals surface area contributed by atoms with Crippen LogP contribution >= 0.6 is 0 Å². The van der Waals surface area contributed by atoms with Crippen LogP contribution in [0.4, 0.5) is 11.4 Å². The van der Waals surface area contributed by atoms with Crippen LogP contribution in [0.5, 0.6) is 5.75 Å². The lowest BCUT2D eigenvalue weighted by Gasteiger charge is -2.40. The maximum absolute atomic E-state index is 12.3. The van der Waals surface area contributed by atoms with Crippen molar-refractivity contribution in [2.24, 2.45) is 5.92 Å². The predicted octanol–water partition coefficient (Wildman–Crippen LogP) is 5.35. The number of anilines is 2. The summed E-state index contributed by atoms with van der Waals surface area (Å²) in [5.41, 5.74) is 7.58. The van der Waals surface area contributed by atoms with Crippen LogP contribution in [0, 0.1) is 5.92 Å². The van der Waals surface area contributed by atoms with Gasteiger partial charge in [-0.1, -0.05) is 24.3 Å². The van der Waals surface area contributed by atoms with Crippen LogP contribution in [-0.4, -0.2) is 82.4 Å². The number of phenols is 1. The molecule has 1 atom stereocenters. The molecule has 5 aromatic rings. The largest absolute Gasteiger partial charge is 0.507 e. The van der Waals surface area contributed by atoms with Crippen LogP contribution in [0.2, 0.25) is 0 Å². The number of nitrogens with zero attached hydrogens (tertiary/aromatic N) is 6. The molecule has 0 radical (unpaired) electrons. The number of hydrogen-bond acceptors (Lipinski definition) is 8. The zero-order valence-corrected chi connectivity index (χ0v) is 27.5. The van der Waals surface area contributed by atoms with Gasteiger partial charge in [0.2, 0.25) is 11.8 Å². The summed E-state index contributed by atoms with van der Waals surface area (Å²) in [5.74, 6) is 0.314. The quantitative estimate of drug-likeness (QED) is 0.226. The van der Waals surface area contributed by atoms with E-state index in [1.54, 1.807) is 12.1 Å². The van der Waals surface area contributed by atoms with Crippen LogP contribution in [0.25, 0.3) is 28.0 Å². The Morgan fingerprint density at radius 2 is 1.41 bits per heavy atom. The molecule has 0 spiro atoms. The molecule has 5 heterocycles. The van der Waals surface area contributed by atoms with Crippen LogP contribution in [0.15, 0.2) is 91.1 Å². The number of carbonyl (C=O) groups is 2. The number of hydrogen-bond donors (Lipinski definition) is 2. The number of nitrogens with one attached hydrogen (secondary N) is 1. The third-order valence-electron chi connectivity index (χ3n) is 10.5.